The van der Waals surface area contributed by atoms with Gasteiger partial charge in [0.05, 0.1) is 6.20 Å². The van der Waals surface area contributed by atoms with Crippen molar-refractivity contribution in [1.82, 2.24) is 14.7 Å². The standard InChI is InChI=1S/C13H17N3O/c1-15(9-12-7-14-16(2)10-12)8-11-4-3-5-13(17)6-11/h3-7,10,17H,8-9H2,1-2H3. The fourth-order valence-electron chi connectivity index (χ4n) is 1.89. The molecular weight excluding hydrogens is 214 g/mol. The number of aromatic nitrogens is 2. The number of hydrogen-bond acceptors (Lipinski definition) is 3. The van der Waals surface area contributed by atoms with Gasteiger partial charge in [0.15, 0.2) is 0 Å². The number of rotatable bonds is 4. The zero-order chi connectivity index (χ0) is 12.3. The van der Waals surface area contributed by atoms with Crippen LogP contribution in [0.25, 0.3) is 0 Å². The predicted octanol–water partition coefficient (Wildman–Crippen LogP) is 1.76. The molecule has 0 unspecified atom stereocenters. The predicted molar refractivity (Wildman–Crippen MR) is 66.5 cm³/mol. The number of aryl methyl sites for hydroxylation is 1. The lowest BCUT2D eigenvalue weighted by Gasteiger charge is -2.15. The monoisotopic (exact) mass is 231 g/mol. The molecule has 4 nitrogen and oxygen atoms in total. The molecule has 1 N–H and O–H groups in total. The summed E-state index contributed by atoms with van der Waals surface area (Å²) in [5.41, 5.74) is 2.30. The Morgan fingerprint density at radius 2 is 2.06 bits per heavy atom. The molecule has 2 rings (SSSR count). The van der Waals surface area contributed by atoms with Crippen LogP contribution >= 0.6 is 0 Å². The molecule has 90 valence electrons. The van der Waals surface area contributed by atoms with Crippen LogP contribution in [0.15, 0.2) is 36.7 Å². The molecule has 0 spiro atoms. The van der Waals surface area contributed by atoms with Crippen LogP contribution in [0.2, 0.25) is 0 Å². The number of benzene rings is 1. The largest absolute Gasteiger partial charge is 0.508 e. The van der Waals surface area contributed by atoms with Gasteiger partial charge < -0.3 is 5.11 Å². The third-order valence-electron chi connectivity index (χ3n) is 2.57. The molecule has 0 aliphatic heterocycles. The number of phenols is 1. The highest BCUT2D eigenvalue weighted by atomic mass is 16.3. The lowest BCUT2D eigenvalue weighted by Crippen LogP contribution is -2.16. The number of aromatic hydroxyl groups is 1. The van der Waals surface area contributed by atoms with Crippen LogP contribution in [0.3, 0.4) is 0 Å². The van der Waals surface area contributed by atoms with E-state index in [2.05, 4.69) is 17.0 Å². The van der Waals surface area contributed by atoms with E-state index in [1.165, 1.54) is 5.56 Å². The van der Waals surface area contributed by atoms with Crippen LogP contribution in [0.1, 0.15) is 11.1 Å². The highest BCUT2D eigenvalue weighted by molar-refractivity contribution is 5.27. The Bertz CT molecular complexity index is 493. The summed E-state index contributed by atoms with van der Waals surface area (Å²) < 4.78 is 1.80. The molecule has 0 radical (unpaired) electrons. The average Bonchev–Trinajstić information content (AvgIpc) is 2.63. The van der Waals surface area contributed by atoms with Gasteiger partial charge in [-0.25, -0.2) is 0 Å². The van der Waals surface area contributed by atoms with E-state index in [1.807, 2.05) is 31.6 Å². The fourth-order valence-corrected chi connectivity index (χ4v) is 1.89. The van der Waals surface area contributed by atoms with Crippen molar-refractivity contribution in [2.45, 2.75) is 13.1 Å². The lowest BCUT2D eigenvalue weighted by molar-refractivity contribution is 0.318. The van der Waals surface area contributed by atoms with Crippen molar-refractivity contribution in [3.05, 3.63) is 47.8 Å². The Morgan fingerprint density at radius 1 is 1.29 bits per heavy atom. The maximum atomic E-state index is 9.39. The molecule has 0 saturated heterocycles. The fraction of sp³-hybridized carbons (Fsp3) is 0.308. The minimum Gasteiger partial charge on any atom is -0.508 e. The second-order valence-electron chi connectivity index (χ2n) is 4.36. The Balaban J connectivity index is 1.95. The quantitative estimate of drug-likeness (QED) is 0.871. The van der Waals surface area contributed by atoms with Crippen LogP contribution in [-0.2, 0) is 20.1 Å². The van der Waals surface area contributed by atoms with E-state index >= 15 is 0 Å². The molecule has 0 aliphatic carbocycles. The number of nitrogens with zero attached hydrogens (tertiary/aromatic N) is 3. The summed E-state index contributed by atoms with van der Waals surface area (Å²) >= 11 is 0. The van der Waals surface area contributed by atoms with Crippen LogP contribution < -0.4 is 0 Å². The van der Waals surface area contributed by atoms with Gasteiger partial charge in [0, 0.05) is 31.9 Å². The highest BCUT2D eigenvalue weighted by Crippen LogP contribution is 2.13. The lowest BCUT2D eigenvalue weighted by atomic mass is 10.2. The number of hydrogen-bond donors (Lipinski definition) is 1. The van der Waals surface area contributed by atoms with Crippen LogP contribution in [-0.4, -0.2) is 26.8 Å². The molecule has 0 saturated carbocycles. The highest BCUT2D eigenvalue weighted by Gasteiger charge is 2.03. The first kappa shape index (κ1) is 11.7. The second-order valence-corrected chi connectivity index (χ2v) is 4.36. The van der Waals surface area contributed by atoms with Gasteiger partial charge in [-0.1, -0.05) is 12.1 Å². The Hall–Kier alpha value is -1.81. The summed E-state index contributed by atoms with van der Waals surface area (Å²) in [5.74, 6) is 0.317. The van der Waals surface area contributed by atoms with Gasteiger partial charge in [-0.2, -0.15) is 5.10 Å². The minimum atomic E-state index is 0.317. The van der Waals surface area contributed by atoms with Gasteiger partial charge in [-0.3, -0.25) is 9.58 Å². The molecule has 1 aromatic heterocycles. The van der Waals surface area contributed by atoms with Crippen LogP contribution in [0, 0.1) is 0 Å². The van der Waals surface area contributed by atoms with Crippen molar-refractivity contribution in [3.8, 4) is 5.75 Å². The summed E-state index contributed by atoms with van der Waals surface area (Å²) in [5, 5.41) is 13.5. The van der Waals surface area contributed by atoms with E-state index in [0.29, 0.717) is 5.75 Å². The zero-order valence-corrected chi connectivity index (χ0v) is 10.2. The Labute approximate surface area is 101 Å². The van der Waals surface area contributed by atoms with Gasteiger partial charge in [0.25, 0.3) is 0 Å². The van der Waals surface area contributed by atoms with Gasteiger partial charge >= 0.3 is 0 Å². The molecular formula is C13H17N3O. The van der Waals surface area contributed by atoms with E-state index in [0.717, 1.165) is 18.7 Å². The first-order chi connectivity index (χ1) is 8.13. The summed E-state index contributed by atoms with van der Waals surface area (Å²) in [4.78, 5) is 2.19. The average molecular weight is 231 g/mol. The van der Waals surface area contributed by atoms with Crippen molar-refractivity contribution in [2.75, 3.05) is 7.05 Å². The Morgan fingerprint density at radius 3 is 2.71 bits per heavy atom. The van der Waals surface area contributed by atoms with Crippen molar-refractivity contribution >= 4 is 0 Å². The molecule has 0 amide bonds. The molecule has 1 heterocycles. The van der Waals surface area contributed by atoms with E-state index < -0.39 is 0 Å². The summed E-state index contributed by atoms with van der Waals surface area (Å²) in [6.45, 7) is 1.66. The molecule has 1 aromatic carbocycles. The third-order valence-corrected chi connectivity index (χ3v) is 2.57. The topological polar surface area (TPSA) is 41.3 Å². The van der Waals surface area contributed by atoms with Gasteiger partial charge in [-0.15, -0.1) is 0 Å². The normalized spacial score (nSPS) is 11.0. The summed E-state index contributed by atoms with van der Waals surface area (Å²) in [6, 6.07) is 7.35. The molecule has 4 heteroatoms. The summed E-state index contributed by atoms with van der Waals surface area (Å²) in [6.07, 6.45) is 3.89. The molecule has 0 bridgehead atoms. The van der Waals surface area contributed by atoms with E-state index in [-0.39, 0.29) is 0 Å². The smallest absolute Gasteiger partial charge is 0.115 e. The zero-order valence-electron chi connectivity index (χ0n) is 10.2. The molecule has 0 aliphatic rings. The maximum absolute atomic E-state index is 9.39. The van der Waals surface area contributed by atoms with E-state index in [9.17, 15) is 5.11 Å². The van der Waals surface area contributed by atoms with Gasteiger partial charge in [0.2, 0.25) is 0 Å². The molecule has 0 fully saturated rings. The Kier molecular flexibility index (Phi) is 3.44. The number of phenolic OH excluding ortho intramolecular Hbond substituents is 1. The molecule has 2 aromatic rings. The molecule has 0 atom stereocenters. The van der Waals surface area contributed by atoms with E-state index in [4.69, 9.17) is 0 Å². The van der Waals surface area contributed by atoms with Crippen molar-refractivity contribution in [2.24, 2.45) is 7.05 Å². The van der Waals surface area contributed by atoms with Crippen molar-refractivity contribution in [1.29, 1.82) is 0 Å². The SMILES string of the molecule is CN(Cc1cccc(O)c1)Cc1cnn(C)c1. The van der Waals surface area contributed by atoms with Crippen molar-refractivity contribution < 1.29 is 5.11 Å². The first-order valence-electron chi connectivity index (χ1n) is 5.57. The molecule has 17 heavy (non-hydrogen) atoms. The van der Waals surface area contributed by atoms with Crippen molar-refractivity contribution in [3.63, 3.8) is 0 Å². The van der Waals surface area contributed by atoms with E-state index in [1.54, 1.807) is 16.8 Å². The third kappa shape index (κ3) is 3.32. The second kappa shape index (κ2) is 5.01. The first-order valence-corrected chi connectivity index (χ1v) is 5.57. The summed E-state index contributed by atoms with van der Waals surface area (Å²) in [7, 11) is 3.97. The minimum absolute atomic E-state index is 0.317. The van der Waals surface area contributed by atoms with Gasteiger partial charge in [0.1, 0.15) is 5.75 Å². The van der Waals surface area contributed by atoms with Gasteiger partial charge in [-0.05, 0) is 24.7 Å². The van der Waals surface area contributed by atoms with Crippen LogP contribution in [0.4, 0.5) is 0 Å². The maximum Gasteiger partial charge on any atom is 0.115 e. The van der Waals surface area contributed by atoms with Crippen LogP contribution in [0.5, 0.6) is 5.75 Å².